The number of aryl methyl sites for hydroxylation is 1. The predicted molar refractivity (Wildman–Crippen MR) is 85.8 cm³/mol. The maximum Gasteiger partial charge on any atom is 0.269 e. The number of nitrogens with two attached hydrogens (primary N) is 1. The van der Waals surface area contributed by atoms with E-state index in [0.29, 0.717) is 5.75 Å². The fourth-order valence-electron chi connectivity index (χ4n) is 2.29. The summed E-state index contributed by atoms with van der Waals surface area (Å²) in [6.07, 6.45) is 1.34. The van der Waals surface area contributed by atoms with Crippen molar-refractivity contribution in [3.05, 3.63) is 29.6 Å². The summed E-state index contributed by atoms with van der Waals surface area (Å²) in [5.74, 6) is -0.300. The topological polar surface area (TPSA) is 118 Å². The molecule has 9 nitrogen and oxygen atoms in total. The Morgan fingerprint density at radius 1 is 1.12 bits per heavy atom. The van der Waals surface area contributed by atoms with Gasteiger partial charge in [-0.2, -0.15) is 5.10 Å². The highest BCUT2D eigenvalue weighted by Crippen LogP contribution is 2.40. The van der Waals surface area contributed by atoms with Crippen LogP contribution in [0.1, 0.15) is 20.8 Å². The van der Waals surface area contributed by atoms with Crippen LogP contribution >= 0.6 is 0 Å². The van der Waals surface area contributed by atoms with Crippen LogP contribution in [0.15, 0.2) is 18.3 Å². The highest BCUT2D eigenvalue weighted by molar-refractivity contribution is 6.09. The molecule has 128 valence electrons. The van der Waals surface area contributed by atoms with Gasteiger partial charge in [0.15, 0.2) is 11.5 Å². The Hall–Kier alpha value is -3.23. The van der Waals surface area contributed by atoms with Crippen molar-refractivity contribution in [1.29, 1.82) is 0 Å². The van der Waals surface area contributed by atoms with Crippen LogP contribution in [0.2, 0.25) is 0 Å². The molecule has 0 atom stereocenters. The molecule has 2 amide bonds. The summed E-state index contributed by atoms with van der Waals surface area (Å²) in [6, 6.07) is 3.10. The number of ether oxygens (including phenoxy) is 3. The number of anilines is 1. The van der Waals surface area contributed by atoms with Crippen LogP contribution in [0, 0.1) is 0 Å². The van der Waals surface area contributed by atoms with Gasteiger partial charge in [0.2, 0.25) is 5.75 Å². The van der Waals surface area contributed by atoms with Gasteiger partial charge in [-0.15, -0.1) is 0 Å². The molecule has 0 spiro atoms. The van der Waals surface area contributed by atoms with E-state index in [1.165, 1.54) is 38.3 Å². The number of carbonyl (C=O) groups is 2. The monoisotopic (exact) mass is 334 g/mol. The molecule has 3 N–H and O–H groups in total. The molecule has 2 aromatic rings. The molecule has 0 saturated heterocycles. The zero-order valence-electron chi connectivity index (χ0n) is 13.7. The summed E-state index contributed by atoms with van der Waals surface area (Å²) < 4.78 is 17.0. The van der Waals surface area contributed by atoms with Crippen molar-refractivity contribution in [2.24, 2.45) is 12.8 Å². The van der Waals surface area contributed by atoms with Crippen LogP contribution < -0.4 is 25.3 Å². The van der Waals surface area contributed by atoms with Gasteiger partial charge in [0.25, 0.3) is 11.8 Å². The molecule has 0 radical (unpaired) electrons. The predicted octanol–water partition coefficient (Wildman–Crippen LogP) is 0.797. The van der Waals surface area contributed by atoms with E-state index in [1.54, 1.807) is 13.1 Å². The molecule has 1 heterocycles. The van der Waals surface area contributed by atoms with Gasteiger partial charge < -0.3 is 25.3 Å². The van der Waals surface area contributed by atoms with Gasteiger partial charge in [0.05, 0.1) is 38.8 Å². The molecule has 2 rings (SSSR count). The number of hydrogen-bond donors (Lipinski definition) is 2. The summed E-state index contributed by atoms with van der Waals surface area (Å²) in [5.41, 5.74) is 5.79. The van der Waals surface area contributed by atoms with E-state index in [2.05, 4.69) is 10.4 Å². The Morgan fingerprint density at radius 2 is 1.79 bits per heavy atom. The third-order valence-corrected chi connectivity index (χ3v) is 3.37. The smallest absolute Gasteiger partial charge is 0.269 e. The van der Waals surface area contributed by atoms with Crippen molar-refractivity contribution < 1.29 is 23.8 Å². The Bertz CT molecular complexity index is 784. The lowest BCUT2D eigenvalue weighted by Crippen LogP contribution is -2.20. The average Bonchev–Trinajstić information content (AvgIpc) is 2.93. The number of carbonyl (C=O) groups excluding carboxylic acids is 2. The van der Waals surface area contributed by atoms with E-state index in [1.807, 2.05) is 0 Å². The number of nitrogens with one attached hydrogen (secondary N) is 1. The second-order valence-electron chi connectivity index (χ2n) is 4.73. The number of aromatic nitrogens is 2. The van der Waals surface area contributed by atoms with Gasteiger partial charge in [0.1, 0.15) is 5.69 Å². The minimum absolute atomic E-state index is 0.0859. The standard InChI is InChI=1S/C15H18N4O5/c1-19-11(14(16)20)9(7-17-19)18-15(21)8-5-6-10(22-2)13(24-4)12(8)23-3/h5-7H,1-4H3,(H2,16,20)(H,18,21). The molecule has 1 aromatic heterocycles. The zero-order chi connectivity index (χ0) is 17.9. The van der Waals surface area contributed by atoms with Crippen molar-refractivity contribution in [2.75, 3.05) is 26.6 Å². The highest BCUT2D eigenvalue weighted by Gasteiger charge is 2.23. The van der Waals surface area contributed by atoms with Crippen molar-refractivity contribution in [2.45, 2.75) is 0 Å². The molecule has 0 fully saturated rings. The lowest BCUT2D eigenvalue weighted by atomic mass is 10.1. The summed E-state index contributed by atoms with van der Waals surface area (Å²) in [5, 5.41) is 6.51. The van der Waals surface area contributed by atoms with Crippen molar-refractivity contribution in [3.8, 4) is 17.2 Å². The molecule has 0 aliphatic carbocycles. The number of hydrogen-bond acceptors (Lipinski definition) is 6. The molecule has 1 aromatic carbocycles. The average molecular weight is 334 g/mol. The summed E-state index contributed by atoms with van der Waals surface area (Å²) in [4.78, 5) is 24.0. The number of benzene rings is 1. The van der Waals surface area contributed by atoms with E-state index in [4.69, 9.17) is 19.9 Å². The Balaban J connectivity index is 2.42. The first kappa shape index (κ1) is 17.1. The largest absolute Gasteiger partial charge is 0.493 e. The van der Waals surface area contributed by atoms with Crippen LogP contribution in [0.3, 0.4) is 0 Å². The second-order valence-corrected chi connectivity index (χ2v) is 4.73. The Labute approximate surface area is 138 Å². The lowest BCUT2D eigenvalue weighted by Gasteiger charge is -2.15. The molecular weight excluding hydrogens is 316 g/mol. The molecule has 0 saturated carbocycles. The van der Waals surface area contributed by atoms with Crippen molar-refractivity contribution >= 4 is 17.5 Å². The van der Waals surface area contributed by atoms with Crippen molar-refractivity contribution in [1.82, 2.24) is 9.78 Å². The Kier molecular flexibility index (Phi) is 4.93. The van der Waals surface area contributed by atoms with Crippen LogP contribution in [0.4, 0.5) is 5.69 Å². The van der Waals surface area contributed by atoms with Gasteiger partial charge in [0, 0.05) is 7.05 Å². The first-order valence-corrected chi connectivity index (χ1v) is 6.86. The quantitative estimate of drug-likeness (QED) is 0.806. The van der Waals surface area contributed by atoms with Crippen LogP contribution in [0.5, 0.6) is 17.2 Å². The number of rotatable bonds is 6. The zero-order valence-corrected chi connectivity index (χ0v) is 13.7. The lowest BCUT2D eigenvalue weighted by molar-refractivity contribution is 0.0992. The molecular formula is C15H18N4O5. The van der Waals surface area contributed by atoms with E-state index in [-0.39, 0.29) is 28.4 Å². The van der Waals surface area contributed by atoms with Gasteiger partial charge in [-0.1, -0.05) is 0 Å². The summed E-state index contributed by atoms with van der Waals surface area (Å²) in [7, 11) is 5.87. The van der Waals surface area contributed by atoms with Crippen LogP contribution in [0.25, 0.3) is 0 Å². The Morgan fingerprint density at radius 3 is 2.33 bits per heavy atom. The molecule has 24 heavy (non-hydrogen) atoms. The molecule has 0 aliphatic heterocycles. The first-order chi connectivity index (χ1) is 11.4. The minimum atomic E-state index is -0.704. The number of nitrogens with zero attached hydrogens (tertiary/aromatic N) is 2. The molecule has 0 unspecified atom stereocenters. The molecule has 0 bridgehead atoms. The molecule has 9 heteroatoms. The van der Waals surface area contributed by atoms with E-state index >= 15 is 0 Å². The summed E-state index contributed by atoms with van der Waals surface area (Å²) in [6.45, 7) is 0. The maximum absolute atomic E-state index is 12.6. The third-order valence-electron chi connectivity index (χ3n) is 3.37. The van der Waals surface area contributed by atoms with Crippen LogP contribution in [-0.2, 0) is 7.05 Å². The normalized spacial score (nSPS) is 10.2. The SMILES string of the molecule is COc1ccc(C(=O)Nc2cnn(C)c2C(N)=O)c(OC)c1OC. The van der Waals surface area contributed by atoms with Gasteiger partial charge in [-0.25, -0.2) is 0 Å². The fourth-order valence-corrected chi connectivity index (χ4v) is 2.29. The van der Waals surface area contributed by atoms with Gasteiger partial charge in [-0.05, 0) is 12.1 Å². The maximum atomic E-state index is 12.6. The molecule has 0 aliphatic rings. The van der Waals surface area contributed by atoms with E-state index in [0.717, 1.165) is 0 Å². The highest BCUT2D eigenvalue weighted by atomic mass is 16.5. The number of primary amides is 1. The van der Waals surface area contributed by atoms with E-state index < -0.39 is 11.8 Å². The fraction of sp³-hybridized carbons (Fsp3) is 0.267. The number of amides is 2. The minimum Gasteiger partial charge on any atom is -0.493 e. The summed E-state index contributed by atoms with van der Waals surface area (Å²) >= 11 is 0. The van der Waals surface area contributed by atoms with Crippen molar-refractivity contribution in [3.63, 3.8) is 0 Å². The van der Waals surface area contributed by atoms with E-state index in [9.17, 15) is 9.59 Å². The first-order valence-electron chi connectivity index (χ1n) is 6.86. The van der Waals surface area contributed by atoms with Gasteiger partial charge in [-0.3, -0.25) is 14.3 Å². The second kappa shape index (κ2) is 6.90. The number of methoxy groups -OCH3 is 3. The third kappa shape index (κ3) is 2.96. The van der Waals surface area contributed by atoms with Crippen LogP contribution in [-0.4, -0.2) is 42.9 Å². The van der Waals surface area contributed by atoms with Gasteiger partial charge >= 0.3 is 0 Å².